The zero-order valence-electron chi connectivity index (χ0n) is 19.5. The number of nitrogens with one attached hydrogen (secondary N) is 1. The second-order valence-electron chi connectivity index (χ2n) is 8.82. The van der Waals surface area contributed by atoms with Gasteiger partial charge in [-0.2, -0.15) is 0 Å². The first-order valence-corrected chi connectivity index (χ1v) is 12.0. The van der Waals surface area contributed by atoms with Crippen LogP contribution in [0.4, 0.5) is 0 Å². The molecule has 2 aromatic carbocycles. The van der Waals surface area contributed by atoms with Crippen molar-refractivity contribution in [2.45, 2.75) is 44.2 Å². The lowest BCUT2D eigenvalue weighted by Gasteiger charge is -2.33. The van der Waals surface area contributed by atoms with Crippen molar-refractivity contribution >= 4 is 0 Å². The molecule has 174 valence electrons. The largest absolute Gasteiger partial charge is 0.508 e. The third-order valence-corrected chi connectivity index (χ3v) is 6.71. The molecule has 1 aliphatic heterocycles. The summed E-state index contributed by atoms with van der Waals surface area (Å²) in [4.78, 5) is 7.18. The molecule has 0 amide bonds. The summed E-state index contributed by atoms with van der Waals surface area (Å²) in [6, 6.07) is 22.2. The summed E-state index contributed by atoms with van der Waals surface area (Å²) in [7, 11) is 1.76. The fourth-order valence-corrected chi connectivity index (χ4v) is 4.82. The van der Waals surface area contributed by atoms with Gasteiger partial charge in [-0.05, 0) is 81.1 Å². The minimum absolute atomic E-state index is 0.164. The number of ether oxygens (including phenoxy) is 1. The van der Waals surface area contributed by atoms with E-state index in [9.17, 15) is 5.11 Å². The van der Waals surface area contributed by atoms with Crippen molar-refractivity contribution in [3.05, 3.63) is 89.7 Å². The average molecular weight is 446 g/mol. The third kappa shape index (κ3) is 6.34. The molecule has 1 saturated heterocycles. The van der Waals surface area contributed by atoms with Gasteiger partial charge in [0.1, 0.15) is 11.5 Å². The lowest BCUT2D eigenvalue weighted by atomic mass is 9.88. The van der Waals surface area contributed by atoms with Crippen LogP contribution in [0, 0.1) is 0 Å². The smallest absolute Gasteiger partial charge is 0.122 e. The summed E-state index contributed by atoms with van der Waals surface area (Å²) >= 11 is 0. The number of para-hydroxylation sites is 2. The molecule has 1 atom stereocenters. The number of aromatic nitrogens is 1. The first-order chi connectivity index (χ1) is 16.2. The average Bonchev–Trinajstić information content (AvgIpc) is 2.88. The molecule has 5 nitrogen and oxygen atoms in total. The number of benzene rings is 2. The van der Waals surface area contributed by atoms with Gasteiger partial charge in [0.25, 0.3) is 0 Å². The Morgan fingerprint density at radius 1 is 1.03 bits per heavy atom. The van der Waals surface area contributed by atoms with Gasteiger partial charge in [0.15, 0.2) is 0 Å². The molecule has 3 aromatic rings. The number of aromatic hydroxyl groups is 1. The Morgan fingerprint density at radius 3 is 2.55 bits per heavy atom. The van der Waals surface area contributed by atoms with Gasteiger partial charge in [0.05, 0.1) is 12.8 Å². The number of rotatable bonds is 10. The maximum Gasteiger partial charge on any atom is 0.122 e. The van der Waals surface area contributed by atoms with E-state index in [2.05, 4.69) is 39.5 Å². The summed E-state index contributed by atoms with van der Waals surface area (Å²) in [6.45, 7) is 3.98. The molecule has 0 radical (unpaired) electrons. The molecule has 5 heteroatoms. The molecule has 33 heavy (non-hydrogen) atoms. The monoisotopic (exact) mass is 445 g/mol. The highest BCUT2D eigenvalue weighted by molar-refractivity contribution is 5.36. The molecular weight excluding hydrogens is 410 g/mol. The molecule has 1 aromatic heterocycles. The highest BCUT2D eigenvalue weighted by Crippen LogP contribution is 2.34. The standard InChI is InChI=1S/C28H35N3O2/c1-33-28-14-5-3-10-24(28)22-15-19-31(20-16-22)18-8-12-26(25-11-6-7-17-29-25)30-21-23-9-2-4-13-27(23)32/h2-7,9-11,13-14,17,22,26,30,32H,8,12,15-16,18-21H2,1H3. The van der Waals surface area contributed by atoms with Gasteiger partial charge in [0, 0.05) is 24.3 Å². The predicted octanol–water partition coefficient (Wildman–Crippen LogP) is 5.29. The molecular formula is C28H35N3O2. The normalized spacial score (nSPS) is 15.9. The van der Waals surface area contributed by atoms with Gasteiger partial charge >= 0.3 is 0 Å². The Kier molecular flexibility index (Phi) is 8.34. The minimum Gasteiger partial charge on any atom is -0.508 e. The molecule has 1 aliphatic rings. The Bertz CT molecular complexity index is 987. The van der Waals surface area contributed by atoms with Crippen molar-refractivity contribution < 1.29 is 9.84 Å². The molecule has 0 aliphatic carbocycles. The summed E-state index contributed by atoms with van der Waals surface area (Å²) in [6.07, 6.45) is 6.32. The van der Waals surface area contributed by atoms with Crippen molar-refractivity contribution in [1.82, 2.24) is 15.2 Å². The van der Waals surface area contributed by atoms with Gasteiger partial charge in [-0.15, -0.1) is 0 Å². The molecule has 1 fully saturated rings. The fourth-order valence-electron chi connectivity index (χ4n) is 4.82. The van der Waals surface area contributed by atoms with E-state index in [0.29, 0.717) is 18.2 Å². The van der Waals surface area contributed by atoms with Gasteiger partial charge in [-0.25, -0.2) is 0 Å². The van der Waals surface area contributed by atoms with Crippen LogP contribution in [-0.2, 0) is 6.54 Å². The van der Waals surface area contributed by atoms with Crippen molar-refractivity contribution in [3.63, 3.8) is 0 Å². The number of nitrogens with zero attached hydrogens (tertiary/aromatic N) is 2. The van der Waals surface area contributed by atoms with E-state index in [1.807, 2.05) is 42.6 Å². The van der Waals surface area contributed by atoms with Crippen LogP contribution < -0.4 is 10.1 Å². The summed E-state index contributed by atoms with van der Waals surface area (Å²) in [5, 5.41) is 13.7. The van der Waals surface area contributed by atoms with Crippen molar-refractivity contribution in [1.29, 1.82) is 0 Å². The van der Waals surface area contributed by atoms with Crippen LogP contribution in [-0.4, -0.2) is 41.7 Å². The van der Waals surface area contributed by atoms with E-state index >= 15 is 0 Å². The first-order valence-electron chi connectivity index (χ1n) is 12.0. The van der Waals surface area contributed by atoms with E-state index in [-0.39, 0.29) is 6.04 Å². The summed E-state index contributed by atoms with van der Waals surface area (Å²) < 4.78 is 5.58. The first kappa shape index (κ1) is 23.3. The van der Waals surface area contributed by atoms with Crippen LogP contribution >= 0.6 is 0 Å². The van der Waals surface area contributed by atoms with Gasteiger partial charge in [0.2, 0.25) is 0 Å². The van der Waals surface area contributed by atoms with Crippen LogP contribution in [0.2, 0.25) is 0 Å². The number of hydrogen-bond donors (Lipinski definition) is 2. The second kappa shape index (κ2) is 11.8. The van der Waals surface area contributed by atoms with Crippen LogP contribution in [0.1, 0.15) is 54.5 Å². The molecule has 1 unspecified atom stereocenters. The highest BCUT2D eigenvalue weighted by Gasteiger charge is 2.23. The van der Waals surface area contributed by atoms with Gasteiger partial charge in [-0.3, -0.25) is 4.98 Å². The SMILES string of the molecule is COc1ccccc1C1CCN(CCCC(NCc2ccccc2O)c2ccccn2)CC1. The molecule has 0 saturated carbocycles. The maximum atomic E-state index is 10.1. The number of phenolic OH excluding ortho intramolecular Hbond substituents is 1. The van der Waals surface area contributed by atoms with Crippen LogP contribution in [0.25, 0.3) is 0 Å². The lowest BCUT2D eigenvalue weighted by Crippen LogP contribution is -2.34. The fraction of sp³-hybridized carbons (Fsp3) is 0.393. The van der Waals surface area contributed by atoms with E-state index in [0.717, 1.165) is 49.5 Å². The zero-order chi connectivity index (χ0) is 22.9. The van der Waals surface area contributed by atoms with Crippen LogP contribution in [0.15, 0.2) is 72.9 Å². The van der Waals surface area contributed by atoms with Crippen LogP contribution in [0.5, 0.6) is 11.5 Å². The van der Waals surface area contributed by atoms with E-state index < -0.39 is 0 Å². The zero-order valence-corrected chi connectivity index (χ0v) is 19.5. The third-order valence-electron chi connectivity index (χ3n) is 6.71. The molecule has 2 heterocycles. The molecule has 0 spiro atoms. The number of piperidine rings is 1. The molecule has 0 bridgehead atoms. The van der Waals surface area contributed by atoms with E-state index in [1.165, 1.54) is 18.4 Å². The van der Waals surface area contributed by atoms with Crippen molar-refractivity contribution in [2.24, 2.45) is 0 Å². The number of hydrogen-bond acceptors (Lipinski definition) is 5. The predicted molar refractivity (Wildman–Crippen MR) is 133 cm³/mol. The molecule has 2 N–H and O–H groups in total. The van der Waals surface area contributed by atoms with E-state index in [4.69, 9.17) is 4.74 Å². The Hall–Kier alpha value is -2.89. The van der Waals surface area contributed by atoms with Crippen LogP contribution in [0.3, 0.4) is 0 Å². The minimum atomic E-state index is 0.164. The number of methoxy groups -OCH3 is 1. The van der Waals surface area contributed by atoms with Crippen molar-refractivity contribution in [2.75, 3.05) is 26.7 Å². The highest BCUT2D eigenvalue weighted by atomic mass is 16.5. The van der Waals surface area contributed by atoms with Gasteiger partial charge in [-0.1, -0.05) is 42.5 Å². The van der Waals surface area contributed by atoms with E-state index in [1.54, 1.807) is 13.2 Å². The Balaban J connectivity index is 1.28. The topological polar surface area (TPSA) is 57.6 Å². The Labute approximate surface area is 197 Å². The maximum absolute atomic E-state index is 10.1. The summed E-state index contributed by atoms with van der Waals surface area (Å²) in [5.41, 5.74) is 3.32. The quantitative estimate of drug-likeness (QED) is 0.444. The summed E-state index contributed by atoms with van der Waals surface area (Å²) in [5.74, 6) is 1.94. The number of pyridine rings is 1. The second-order valence-corrected chi connectivity index (χ2v) is 8.82. The van der Waals surface area contributed by atoms with Crippen molar-refractivity contribution in [3.8, 4) is 11.5 Å². The Morgan fingerprint density at radius 2 is 1.79 bits per heavy atom. The lowest BCUT2D eigenvalue weighted by molar-refractivity contribution is 0.204. The number of likely N-dealkylation sites (tertiary alicyclic amines) is 1. The van der Waals surface area contributed by atoms with Gasteiger partial charge < -0.3 is 20.1 Å². The number of phenols is 1. The molecule has 4 rings (SSSR count).